The minimum absolute atomic E-state index is 0.142. The highest BCUT2D eigenvalue weighted by molar-refractivity contribution is 5.72. The molecule has 0 N–H and O–H groups in total. The van der Waals surface area contributed by atoms with Gasteiger partial charge in [0.25, 0.3) is 0 Å². The van der Waals surface area contributed by atoms with E-state index >= 15 is 0 Å². The van der Waals surface area contributed by atoms with Crippen LogP contribution in [0.3, 0.4) is 0 Å². The maximum Gasteiger partial charge on any atom is 0.126 e. The SMILES string of the molecule is Cc1ccccc1-c1cc(-c2ccc(F)c(C(C)C)c2)ccn1. The van der Waals surface area contributed by atoms with Gasteiger partial charge in [0.05, 0.1) is 5.69 Å². The van der Waals surface area contributed by atoms with Crippen molar-refractivity contribution in [1.82, 2.24) is 4.98 Å². The van der Waals surface area contributed by atoms with Gasteiger partial charge in [-0.3, -0.25) is 4.98 Å². The number of benzene rings is 2. The van der Waals surface area contributed by atoms with Crippen LogP contribution < -0.4 is 0 Å². The van der Waals surface area contributed by atoms with Gasteiger partial charge in [0.2, 0.25) is 0 Å². The smallest absolute Gasteiger partial charge is 0.126 e. The van der Waals surface area contributed by atoms with Crippen LogP contribution in [0.4, 0.5) is 4.39 Å². The van der Waals surface area contributed by atoms with Gasteiger partial charge in [-0.1, -0.05) is 44.2 Å². The van der Waals surface area contributed by atoms with Crippen LogP contribution in [0.25, 0.3) is 22.4 Å². The van der Waals surface area contributed by atoms with Gasteiger partial charge in [-0.05, 0) is 59.4 Å². The van der Waals surface area contributed by atoms with Crippen LogP contribution in [-0.2, 0) is 0 Å². The van der Waals surface area contributed by atoms with Gasteiger partial charge in [0, 0.05) is 11.8 Å². The molecule has 0 saturated carbocycles. The molecular formula is C21H20FN. The van der Waals surface area contributed by atoms with E-state index in [0.29, 0.717) is 0 Å². The summed E-state index contributed by atoms with van der Waals surface area (Å²) in [7, 11) is 0. The molecule has 2 heteroatoms. The predicted molar refractivity (Wildman–Crippen MR) is 93.9 cm³/mol. The molecule has 0 bridgehead atoms. The Morgan fingerprint density at radius 2 is 1.65 bits per heavy atom. The third kappa shape index (κ3) is 3.16. The number of pyridine rings is 1. The Labute approximate surface area is 136 Å². The van der Waals surface area contributed by atoms with E-state index in [4.69, 9.17) is 0 Å². The molecule has 0 radical (unpaired) electrons. The fourth-order valence-corrected chi connectivity index (χ4v) is 2.78. The number of aryl methyl sites for hydroxylation is 1. The van der Waals surface area contributed by atoms with Gasteiger partial charge in [0.15, 0.2) is 0 Å². The predicted octanol–water partition coefficient (Wildman–Crippen LogP) is 5.99. The lowest BCUT2D eigenvalue weighted by Gasteiger charge is -2.11. The van der Waals surface area contributed by atoms with Crippen LogP contribution in [-0.4, -0.2) is 4.98 Å². The number of nitrogens with zero attached hydrogens (tertiary/aromatic N) is 1. The quantitative estimate of drug-likeness (QED) is 0.579. The Morgan fingerprint density at radius 3 is 2.39 bits per heavy atom. The Hall–Kier alpha value is -2.48. The number of aromatic nitrogens is 1. The fraction of sp³-hybridized carbons (Fsp3) is 0.190. The van der Waals surface area contributed by atoms with Gasteiger partial charge >= 0.3 is 0 Å². The Kier molecular flexibility index (Phi) is 4.24. The average Bonchev–Trinajstić information content (AvgIpc) is 2.55. The first-order valence-corrected chi connectivity index (χ1v) is 7.88. The third-order valence-electron chi connectivity index (χ3n) is 4.13. The summed E-state index contributed by atoms with van der Waals surface area (Å²) in [5, 5.41) is 0. The summed E-state index contributed by atoms with van der Waals surface area (Å²) in [4.78, 5) is 4.50. The van der Waals surface area contributed by atoms with Crippen molar-refractivity contribution < 1.29 is 4.39 Å². The van der Waals surface area contributed by atoms with Crippen molar-refractivity contribution in [3.63, 3.8) is 0 Å². The van der Waals surface area contributed by atoms with E-state index in [1.165, 1.54) is 5.56 Å². The van der Waals surface area contributed by atoms with E-state index in [9.17, 15) is 4.39 Å². The molecule has 2 aromatic carbocycles. The van der Waals surface area contributed by atoms with Crippen molar-refractivity contribution in [2.45, 2.75) is 26.7 Å². The summed E-state index contributed by atoms with van der Waals surface area (Å²) in [6.07, 6.45) is 1.81. The topological polar surface area (TPSA) is 12.9 Å². The minimum atomic E-state index is -0.142. The summed E-state index contributed by atoms with van der Waals surface area (Å²) in [6.45, 7) is 6.10. The fourth-order valence-electron chi connectivity index (χ4n) is 2.78. The summed E-state index contributed by atoms with van der Waals surface area (Å²) in [5.41, 5.74) is 6.08. The van der Waals surface area contributed by atoms with Crippen LogP contribution >= 0.6 is 0 Å². The zero-order chi connectivity index (χ0) is 16.4. The lowest BCUT2D eigenvalue weighted by Crippen LogP contribution is -1.94. The van der Waals surface area contributed by atoms with E-state index in [1.807, 2.05) is 50.4 Å². The third-order valence-corrected chi connectivity index (χ3v) is 4.13. The maximum absolute atomic E-state index is 13.9. The van der Waals surface area contributed by atoms with Crippen molar-refractivity contribution in [3.05, 3.63) is 77.7 Å². The van der Waals surface area contributed by atoms with Crippen molar-refractivity contribution in [2.24, 2.45) is 0 Å². The summed E-state index contributed by atoms with van der Waals surface area (Å²) in [5.74, 6) is 0.0181. The van der Waals surface area contributed by atoms with Gasteiger partial charge in [-0.2, -0.15) is 0 Å². The molecule has 0 fully saturated rings. The van der Waals surface area contributed by atoms with E-state index in [1.54, 1.807) is 6.07 Å². The molecule has 0 spiro atoms. The second-order valence-corrected chi connectivity index (χ2v) is 6.14. The van der Waals surface area contributed by atoms with Crippen molar-refractivity contribution in [2.75, 3.05) is 0 Å². The van der Waals surface area contributed by atoms with Gasteiger partial charge in [0.1, 0.15) is 5.82 Å². The lowest BCUT2D eigenvalue weighted by molar-refractivity contribution is 0.598. The van der Waals surface area contributed by atoms with Gasteiger partial charge in [-0.25, -0.2) is 4.39 Å². The molecule has 0 amide bonds. The molecule has 23 heavy (non-hydrogen) atoms. The largest absolute Gasteiger partial charge is 0.256 e. The van der Waals surface area contributed by atoms with Gasteiger partial charge in [-0.15, -0.1) is 0 Å². The molecule has 1 heterocycles. The van der Waals surface area contributed by atoms with Crippen molar-refractivity contribution in [3.8, 4) is 22.4 Å². The Morgan fingerprint density at radius 1 is 0.913 bits per heavy atom. The zero-order valence-electron chi connectivity index (χ0n) is 13.7. The molecular weight excluding hydrogens is 285 g/mol. The number of rotatable bonds is 3. The molecule has 0 aliphatic rings. The summed E-state index contributed by atoms with van der Waals surface area (Å²) < 4.78 is 13.9. The summed E-state index contributed by atoms with van der Waals surface area (Å²) in [6, 6.07) is 17.6. The van der Waals surface area contributed by atoms with Crippen LogP contribution in [0.5, 0.6) is 0 Å². The van der Waals surface area contributed by atoms with Crippen molar-refractivity contribution in [1.29, 1.82) is 0 Å². The molecule has 0 unspecified atom stereocenters. The summed E-state index contributed by atoms with van der Waals surface area (Å²) >= 11 is 0. The second-order valence-electron chi connectivity index (χ2n) is 6.14. The van der Waals surface area contributed by atoms with E-state index in [2.05, 4.69) is 30.1 Å². The molecule has 0 atom stereocenters. The van der Waals surface area contributed by atoms with E-state index in [0.717, 1.165) is 27.9 Å². The lowest BCUT2D eigenvalue weighted by atomic mass is 9.96. The zero-order valence-corrected chi connectivity index (χ0v) is 13.7. The van der Waals surface area contributed by atoms with Crippen LogP contribution in [0, 0.1) is 12.7 Å². The number of hydrogen-bond donors (Lipinski definition) is 0. The molecule has 116 valence electrons. The first-order chi connectivity index (χ1) is 11.1. The second kappa shape index (κ2) is 6.33. The van der Waals surface area contributed by atoms with E-state index < -0.39 is 0 Å². The number of halogens is 1. The first kappa shape index (κ1) is 15.4. The Bertz CT molecular complexity index is 837. The molecule has 1 nitrogen and oxygen atoms in total. The molecule has 3 aromatic rings. The monoisotopic (exact) mass is 305 g/mol. The Balaban J connectivity index is 2.07. The van der Waals surface area contributed by atoms with Crippen LogP contribution in [0.15, 0.2) is 60.8 Å². The standard InChI is InChI=1S/C21H20FN/c1-14(2)19-12-16(8-9-20(19)22)17-10-11-23-21(13-17)18-7-5-4-6-15(18)3/h4-14H,1-3H3. The van der Waals surface area contributed by atoms with Crippen LogP contribution in [0.1, 0.15) is 30.9 Å². The molecule has 0 saturated heterocycles. The minimum Gasteiger partial charge on any atom is -0.256 e. The highest BCUT2D eigenvalue weighted by atomic mass is 19.1. The highest BCUT2D eigenvalue weighted by Crippen LogP contribution is 2.29. The first-order valence-electron chi connectivity index (χ1n) is 7.88. The molecule has 1 aromatic heterocycles. The normalized spacial score (nSPS) is 11.0. The van der Waals surface area contributed by atoms with Gasteiger partial charge < -0.3 is 0 Å². The number of hydrogen-bond acceptors (Lipinski definition) is 1. The molecule has 0 aliphatic carbocycles. The maximum atomic E-state index is 13.9. The van der Waals surface area contributed by atoms with Crippen LogP contribution in [0.2, 0.25) is 0 Å². The highest BCUT2D eigenvalue weighted by Gasteiger charge is 2.10. The average molecular weight is 305 g/mol. The van der Waals surface area contributed by atoms with Crippen molar-refractivity contribution >= 4 is 0 Å². The molecule has 0 aliphatic heterocycles. The van der Waals surface area contributed by atoms with E-state index in [-0.39, 0.29) is 11.7 Å². The molecule has 3 rings (SSSR count).